The molecule has 142 valence electrons. The first kappa shape index (κ1) is 18.2. The van der Waals surface area contributed by atoms with Crippen LogP contribution in [-0.4, -0.2) is 37.4 Å². The predicted octanol–water partition coefficient (Wildman–Crippen LogP) is 4.47. The Bertz CT molecular complexity index is 896. The zero-order chi connectivity index (χ0) is 19.0. The lowest BCUT2D eigenvalue weighted by molar-refractivity contribution is -0.0135. The number of anilines is 1. The summed E-state index contributed by atoms with van der Waals surface area (Å²) in [7, 11) is 0. The Morgan fingerprint density at radius 2 is 1.96 bits per heavy atom. The SMILES string of the molecule is O=C(Nc1ccc2c(c1)OCO2)N1CCOC(c2cc(F)c(Cl)cc2Cl)C1. The normalized spacial score (nSPS) is 18.5. The maximum atomic E-state index is 13.8. The van der Waals surface area contributed by atoms with E-state index >= 15 is 0 Å². The number of fused-ring (bicyclic) bond motifs is 1. The van der Waals surface area contributed by atoms with Crippen molar-refractivity contribution in [1.29, 1.82) is 0 Å². The second-order valence-corrected chi connectivity index (χ2v) is 6.91. The van der Waals surface area contributed by atoms with Gasteiger partial charge < -0.3 is 24.4 Å². The van der Waals surface area contributed by atoms with E-state index in [0.717, 1.165) is 0 Å². The summed E-state index contributed by atoms with van der Waals surface area (Å²) in [6, 6.07) is 7.44. The molecule has 27 heavy (non-hydrogen) atoms. The first-order valence-electron chi connectivity index (χ1n) is 8.23. The molecule has 1 saturated heterocycles. The number of carbonyl (C=O) groups is 1. The molecule has 1 N–H and O–H groups in total. The van der Waals surface area contributed by atoms with Crippen molar-refractivity contribution in [2.75, 3.05) is 31.8 Å². The highest BCUT2D eigenvalue weighted by atomic mass is 35.5. The summed E-state index contributed by atoms with van der Waals surface area (Å²) in [6.45, 7) is 1.11. The van der Waals surface area contributed by atoms with Gasteiger partial charge in [0.05, 0.1) is 18.2 Å². The van der Waals surface area contributed by atoms with Gasteiger partial charge in [0, 0.05) is 28.9 Å². The molecular formula is C18H15Cl2FN2O4. The number of halogens is 3. The van der Waals surface area contributed by atoms with Crippen molar-refractivity contribution in [3.05, 3.63) is 51.8 Å². The maximum Gasteiger partial charge on any atom is 0.322 e. The molecule has 6 nitrogen and oxygen atoms in total. The third kappa shape index (κ3) is 3.76. The molecule has 1 fully saturated rings. The van der Waals surface area contributed by atoms with E-state index in [2.05, 4.69) is 5.32 Å². The molecular weight excluding hydrogens is 398 g/mol. The molecule has 2 aromatic carbocycles. The van der Waals surface area contributed by atoms with Crippen LogP contribution in [0.5, 0.6) is 11.5 Å². The molecule has 2 amide bonds. The van der Waals surface area contributed by atoms with Crippen LogP contribution < -0.4 is 14.8 Å². The summed E-state index contributed by atoms with van der Waals surface area (Å²) >= 11 is 11.9. The Labute approximate surface area is 164 Å². The Kier molecular flexibility index (Phi) is 4.99. The fourth-order valence-corrected chi connectivity index (χ4v) is 3.49. The Morgan fingerprint density at radius 1 is 1.15 bits per heavy atom. The van der Waals surface area contributed by atoms with Crippen LogP contribution in [0.15, 0.2) is 30.3 Å². The molecule has 0 aliphatic carbocycles. The van der Waals surface area contributed by atoms with Gasteiger partial charge in [-0.15, -0.1) is 0 Å². The Hall–Kier alpha value is -2.22. The number of urea groups is 1. The fourth-order valence-electron chi connectivity index (χ4n) is 2.98. The molecule has 0 aromatic heterocycles. The summed E-state index contributed by atoms with van der Waals surface area (Å²) in [5.41, 5.74) is 1.04. The van der Waals surface area contributed by atoms with Gasteiger partial charge in [0.1, 0.15) is 11.9 Å². The zero-order valence-corrected chi connectivity index (χ0v) is 15.5. The van der Waals surface area contributed by atoms with Gasteiger partial charge in [0.15, 0.2) is 11.5 Å². The average Bonchev–Trinajstić information content (AvgIpc) is 3.12. The number of carbonyl (C=O) groups excluding carboxylic acids is 1. The molecule has 1 unspecified atom stereocenters. The van der Waals surface area contributed by atoms with Crippen LogP contribution in [0.4, 0.5) is 14.9 Å². The molecule has 0 saturated carbocycles. The largest absolute Gasteiger partial charge is 0.454 e. The first-order valence-corrected chi connectivity index (χ1v) is 8.98. The molecule has 4 rings (SSSR count). The van der Waals surface area contributed by atoms with Gasteiger partial charge in [-0.3, -0.25) is 0 Å². The number of hydrogen-bond donors (Lipinski definition) is 1. The maximum absolute atomic E-state index is 13.8. The minimum atomic E-state index is -0.582. The topological polar surface area (TPSA) is 60.0 Å². The van der Waals surface area contributed by atoms with E-state index in [9.17, 15) is 9.18 Å². The highest BCUT2D eigenvalue weighted by Gasteiger charge is 2.28. The third-order valence-corrected chi connectivity index (χ3v) is 4.98. The van der Waals surface area contributed by atoms with E-state index in [0.29, 0.717) is 40.9 Å². The summed E-state index contributed by atoms with van der Waals surface area (Å²) < 4.78 is 30.0. The molecule has 2 heterocycles. The molecule has 2 aromatic rings. The molecule has 2 aliphatic heterocycles. The number of benzene rings is 2. The quantitative estimate of drug-likeness (QED) is 0.739. The average molecular weight is 413 g/mol. The van der Waals surface area contributed by atoms with Crippen LogP contribution in [0.25, 0.3) is 0 Å². The van der Waals surface area contributed by atoms with Crippen molar-refractivity contribution >= 4 is 34.9 Å². The second kappa shape index (κ2) is 7.42. The van der Waals surface area contributed by atoms with E-state index in [1.54, 1.807) is 23.1 Å². The minimum Gasteiger partial charge on any atom is -0.454 e. The predicted molar refractivity (Wildman–Crippen MR) is 98.3 cm³/mol. The third-order valence-electron chi connectivity index (χ3n) is 4.36. The van der Waals surface area contributed by atoms with Crippen LogP contribution in [-0.2, 0) is 4.74 Å². The summed E-state index contributed by atoms with van der Waals surface area (Å²) in [5.74, 6) is 0.636. The number of morpholine rings is 1. The Balaban J connectivity index is 1.46. The van der Waals surface area contributed by atoms with Crippen LogP contribution in [0.3, 0.4) is 0 Å². The number of nitrogens with zero attached hydrogens (tertiary/aromatic N) is 1. The molecule has 9 heteroatoms. The van der Waals surface area contributed by atoms with Crippen LogP contribution >= 0.6 is 23.2 Å². The lowest BCUT2D eigenvalue weighted by atomic mass is 10.1. The first-order chi connectivity index (χ1) is 13.0. The number of nitrogens with one attached hydrogen (secondary N) is 1. The molecule has 0 radical (unpaired) electrons. The number of rotatable bonds is 2. The lowest BCUT2D eigenvalue weighted by Crippen LogP contribution is -2.44. The van der Waals surface area contributed by atoms with Gasteiger partial charge >= 0.3 is 6.03 Å². The van der Waals surface area contributed by atoms with E-state index < -0.39 is 11.9 Å². The van der Waals surface area contributed by atoms with Crippen molar-refractivity contribution in [3.8, 4) is 11.5 Å². The van der Waals surface area contributed by atoms with E-state index in [1.165, 1.54) is 12.1 Å². The summed E-state index contributed by atoms with van der Waals surface area (Å²) in [5, 5.41) is 3.05. The van der Waals surface area contributed by atoms with Crippen molar-refractivity contribution < 1.29 is 23.4 Å². The van der Waals surface area contributed by atoms with E-state index in [1.807, 2.05) is 0 Å². The van der Waals surface area contributed by atoms with Gasteiger partial charge in [0.2, 0.25) is 6.79 Å². The van der Waals surface area contributed by atoms with E-state index in [-0.39, 0.29) is 24.4 Å². The summed E-state index contributed by atoms with van der Waals surface area (Å²) in [6.07, 6.45) is -0.541. The van der Waals surface area contributed by atoms with E-state index in [4.69, 9.17) is 37.4 Å². The molecule has 2 aliphatic rings. The standard InChI is InChI=1S/C18H15Cl2FN2O4/c19-12-7-13(20)14(21)6-11(12)17-8-23(3-4-25-17)18(24)22-10-1-2-15-16(5-10)27-9-26-15/h1-2,5-7,17H,3-4,8-9H2,(H,22,24). The minimum absolute atomic E-state index is 0.0584. The van der Waals surface area contributed by atoms with Gasteiger partial charge in [-0.05, 0) is 24.3 Å². The van der Waals surface area contributed by atoms with Crippen LogP contribution in [0.2, 0.25) is 10.0 Å². The van der Waals surface area contributed by atoms with Crippen LogP contribution in [0.1, 0.15) is 11.7 Å². The smallest absolute Gasteiger partial charge is 0.322 e. The number of ether oxygens (including phenoxy) is 3. The van der Waals surface area contributed by atoms with Gasteiger partial charge in [-0.1, -0.05) is 23.2 Å². The zero-order valence-electron chi connectivity index (χ0n) is 14.0. The highest BCUT2D eigenvalue weighted by Crippen LogP contribution is 2.35. The van der Waals surface area contributed by atoms with Crippen molar-refractivity contribution in [2.45, 2.75) is 6.10 Å². The molecule has 0 bridgehead atoms. The highest BCUT2D eigenvalue weighted by molar-refractivity contribution is 6.35. The van der Waals surface area contributed by atoms with Crippen LogP contribution in [0, 0.1) is 5.82 Å². The molecule has 1 atom stereocenters. The van der Waals surface area contributed by atoms with Crippen molar-refractivity contribution in [3.63, 3.8) is 0 Å². The summed E-state index contributed by atoms with van der Waals surface area (Å²) in [4.78, 5) is 14.2. The van der Waals surface area contributed by atoms with Crippen molar-refractivity contribution in [2.24, 2.45) is 0 Å². The monoisotopic (exact) mass is 412 g/mol. The van der Waals surface area contributed by atoms with Crippen molar-refractivity contribution in [1.82, 2.24) is 4.90 Å². The number of hydrogen-bond acceptors (Lipinski definition) is 4. The Morgan fingerprint density at radius 3 is 2.81 bits per heavy atom. The number of amides is 2. The lowest BCUT2D eigenvalue weighted by Gasteiger charge is -2.33. The second-order valence-electron chi connectivity index (χ2n) is 6.09. The van der Waals surface area contributed by atoms with Gasteiger partial charge in [-0.25, -0.2) is 9.18 Å². The fraction of sp³-hybridized carbons (Fsp3) is 0.278. The van der Waals surface area contributed by atoms with Gasteiger partial charge in [-0.2, -0.15) is 0 Å². The molecule has 0 spiro atoms. The van der Waals surface area contributed by atoms with Gasteiger partial charge in [0.25, 0.3) is 0 Å².